The van der Waals surface area contributed by atoms with E-state index in [2.05, 4.69) is 84.3 Å². The molecular weight excluding hydrogens is 923 g/mol. The minimum atomic E-state index is -1.92. The van der Waals surface area contributed by atoms with Gasteiger partial charge in [0, 0.05) is 76.5 Å². The summed E-state index contributed by atoms with van der Waals surface area (Å²) < 4.78 is 19.7. The molecule has 2 fully saturated rings. The van der Waals surface area contributed by atoms with E-state index in [1.54, 1.807) is 28.5 Å². The number of likely N-dealkylation sites (tertiary alicyclic amines) is 1. The number of benzene rings is 3. The van der Waals surface area contributed by atoms with Crippen molar-refractivity contribution >= 4 is 45.1 Å². The Hall–Kier alpha value is -7.61. The molecule has 3 aromatic heterocycles. The average Bonchev–Trinajstić information content (AvgIpc) is 3.99. The maximum absolute atomic E-state index is 14.4. The van der Waals surface area contributed by atoms with Crippen LogP contribution in [0.5, 0.6) is 11.8 Å². The molecule has 6 aromatic rings. The highest BCUT2D eigenvalue weighted by Gasteiger charge is 2.45. The lowest BCUT2D eigenvalue weighted by Gasteiger charge is -2.42. The lowest BCUT2D eigenvalue weighted by atomic mass is 9.86. The number of hydrogen-bond donors (Lipinski definition) is 1. The molecule has 2 saturated heterocycles. The van der Waals surface area contributed by atoms with Crippen LogP contribution in [-0.4, -0.2) is 111 Å². The van der Waals surface area contributed by atoms with Gasteiger partial charge in [0.25, 0.3) is 11.5 Å². The van der Waals surface area contributed by atoms with E-state index in [4.69, 9.17) is 29.2 Å². The Labute approximate surface area is 423 Å². The van der Waals surface area contributed by atoms with E-state index in [-0.39, 0.29) is 66.8 Å². The molecule has 16 heteroatoms. The summed E-state index contributed by atoms with van der Waals surface area (Å²) in [4.78, 5) is 64.8. The number of aryl methyl sites for hydroxylation is 1. The van der Waals surface area contributed by atoms with Crippen molar-refractivity contribution in [3.8, 4) is 29.2 Å². The van der Waals surface area contributed by atoms with Crippen LogP contribution in [0.15, 0.2) is 90.3 Å². The third-order valence-electron chi connectivity index (χ3n) is 15.7. The minimum absolute atomic E-state index is 0.0529. The topological polar surface area (TPSA) is 179 Å². The van der Waals surface area contributed by atoms with Gasteiger partial charge in [0.05, 0.1) is 59.8 Å². The summed E-state index contributed by atoms with van der Waals surface area (Å²) in [6.45, 7) is 16.1. The molecule has 5 aliphatic heterocycles. The number of hydrogen-bond acceptors (Lipinski definition) is 14. The van der Waals surface area contributed by atoms with Crippen LogP contribution >= 0.6 is 0 Å². The van der Waals surface area contributed by atoms with Crippen LogP contribution < -0.4 is 24.8 Å². The van der Waals surface area contributed by atoms with Crippen LogP contribution in [0, 0.1) is 18.3 Å². The van der Waals surface area contributed by atoms with Gasteiger partial charge in [-0.2, -0.15) is 15.2 Å². The van der Waals surface area contributed by atoms with Gasteiger partial charge in [0.1, 0.15) is 31.4 Å². The Morgan fingerprint density at radius 1 is 1.00 bits per heavy atom. The number of amides is 1. The number of cyclic esters (lactones) is 1. The second-order valence-corrected chi connectivity index (χ2v) is 20.0. The summed E-state index contributed by atoms with van der Waals surface area (Å²) in [6, 6.07) is 22.7. The average molecular weight is 982 g/mol. The van der Waals surface area contributed by atoms with Crippen molar-refractivity contribution in [2.24, 2.45) is 0 Å². The number of pyridine rings is 2. The monoisotopic (exact) mass is 981 g/mol. The number of allylic oxidation sites excluding steroid dienone is 1. The zero-order valence-corrected chi connectivity index (χ0v) is 41.7. The molecule has 5 aliphatic rings. The normalized spacial score (nSPS) is 20.3. The van der Waals surface area contributed by atoms with Gasteiger partial charge < -0.3 is 43.5 Å². The van der Waals surface area contributed by atoms with Crippen molar-refractivity contribution in [3.63, 3.8) is 0 Å². The number of likely N-dealkylation sites (N-methyl/N-ethyl adjacent to an activating group) is 1. The molecule has 8 heterocycles. The SMILES string of the molecule is C=CCc1c(OCC(=C)C(=O)N2CCN(c3nc(OC[C@@H]4CCCN4C)nc4c3CCN(c3cccc5cccc(C)c35)C4)C[C@@H]2CC#N)ccc2nc3c(cc12)Cn1c-3cc2c(c1=O)COC(=O)[C@]2(O)CC. The number of nitrogens with zero attached hydrogens (tertiary/aromatic N) is 9. The first kappa shape index (κ1) is 47.7. The maximum Gasteiger partial charge on any atom is 0.343 e. The first-order valence-corrected chi connectivity index (χ1v) is 25.3. The molecule has 16 nitrogen and oxygen atoms in total. The van der Waals surface area contributed by atoms with Crippen LogP contribution in [0.2, 0.25) is 0 Å². The summed E-state index contributed by atoms with van der Waals surface area (Å²) in [5.41, 5.74) is 6.26. The van der Waals surface area contributed by atoms with Gasteiger partial charge in [-0.3, -0.25) is 9.59 Å². The van der Waals surface area contributed by atoms with E-state index in [1.807, 2.05) is 18.2 Å². The molecule has 0 radical (unpaired) electrons. The largest absolute Gasteiger partial charge is 0.488 e. The van der Waals surface area contributed by atoms with Crippen molar-refractivity contribution in [2.75, 3.05) is 62.8 Å². The number of carbonyl (C=O) groups excluding carboxylic acids is 2. The number of anilines is 2. The number of nitriles is 1. The lowest BCUT2D eigenvalue weighted by Crippen LogP contribution is -2.56. The number of rotatable bonds is 13. The molecule has 0 unspecified atom stereocenters. The molecule has 374 valence electrons. The number of aliphatic hydroxyl groups is 1. The predicted molar refractivity (Wildman–Crippen MR) is 278 cm³/mol. The Balaban J connectivity index is 0.822. The molecule has 0 saturated carbocycles. The van der Waals surface area contributed by atoms with E-state index in [9.17, 15) is 24.8 Å². The van der Waals surface area contributed by atoms with Gasteiger partial charge in [-0.25, -0.2) is 9.78 Å². The fourth-order valence-electron chi connectivity index (χ4n) is 11.7. The van der Waals surface area contributed by atoms with Gasteiger partial charge in [-0.15, -0.1) is 6.58 Å². The van der Waals surface area contributed by atoms with E-state index in [0.29, 0.717) is 74.3 Å². The summed E-state index contributed by atoms with van der Waals surface area (Å²) in [6.07, 6.45) is 5.27. The number of ether oxygens (including phenoxy) is 3. The molecule has 3 aromatic carbocycles. The van der Waals surface area contributed by atoms with Crippen molar-refractivity contribution in [1.82, 2.24) is 29.3 Å². The highest BCUT2D eigenvalue weighted by Crippen LogP contribution is 2.41. The van der Waals surface area contributed by atoms with Gasteiger partial charge in [-0.1, -0.05) is 49.9 Å². The van der Waals surface area contributed by atoms with E-state index >= 15 is 0 Å². The minimum Gasteiger partial charge on any atom is -0.488 e. The Bertz CT molecular complexity index is 3380. The Kier molecular flexibility index (Phi) is 12.5. The van der Waals surface area contributed by atoms with Gasteiger partial charge in [0.15, 0.2) is 5.60 Å². The van der Waals surface area contributed by atoms with Crippen molar-refractivity contribution in [3.05, 3.63) is 135 Å². The molecule has 3 atom stereocenters. The summed E-state index contributed by atoms with van der Waals surface area (Å²) in [5, 5.41) is 24.7. The predicted octanol–water partition coefficient (Wildman–Crippen LogP) is 6.66. The van der Waals surface area contributed by atoms with Gasteiger partial charge in [0.2, 0.25) is 0 Å². The summed E-state index contributed by atoms with van der Waals surface area (Å²) in [5.74, 6) is 0.274. The van der Waals surface area contributed by atoms with Crippen LogP contribution in [0.1, 0.15) is 71.7 Å². The Morgan fingerprint density at radius 3 is 2.62 bits per heavy atom. The van der Waals surface area contributed by atoms with Gasteiger partial charge >= 0.3 is 12.0 Å². The molecule has 11 rings (SSSR count). The van der Waals surface area contributed by atoms with Crippen LogP contribution in [0.25, 0.3) is 33.1 Å². The lowest BCUT2D eigenvalue weighted by molar-refractivity contribution is -0.172. The maximum atomic E-state index is 14.4. The number of esters is 1. The number of piperazine rings is 1. The fourth-order valence-corrected chi connectivity index (χ4v) is 11.7. The second kappa shape index (κ2) is 19.1. The van der Waals surface area contributed by atoms with E-state index in [0.717, 1.165) is 59.5 Å². The van der Waals surface area contributed by atoms with Crippen LogP contribution in [-0.2, 0) is 52.5 Å². The third-order valence-corrected chi connectivity index (χ3v) is 15.7. The highest BCUT2D eigenvalue weighted by molar-refractivity contribution is 5.97. The zero-order valence-electron chi connectivity index (χ0n) is 41.7. The number of carbonyl (C=O) groups is 2. The second-order valence-electron chi connectivity index (χ2n) is 20.0. The molecule has 1 amide bonds. The molecule has 0 spiro atoms. The summed E-state index contributed by atoms with van der Waals surface area (Å²) in [7, 11) is 2.13. The molecule has 0 bridgehead atoms. The van der Waals surface area contributed by atoms with Crippen LogP contribution in [0.3, 0.4) is 0 Å². The summed E-state index contributed by atoms with van der Waals surface area (Å²) >= 11 is 0. The third kappa shape index (κ3) is 8.34. The zero-order chi connectivity index (χ0) is 50.7. The first-order valence-electron chi connectivity index (χ1n) is 25.3. The first-order chi connectivity index (χ1) is 35.4. The Morgan fingerprint density at radius 2 is 1.84 bits per heavy atom. The smallest absolute Gasteiger partial charge is 0.343 e. The van der Waals surface area contributed by atoms with Crippen molar-refractivity contribution in [2.45, 2.75) is 89.8 Å². The van der Waals surface area contributed by atoms with Crippen molar-refractivity contribution < 1.29 is 28.9 Å². The fraction of sp³-hybridized carbons (Fsp3) is 0.386. The van der Waals surface area contributed by atoms with Crippen molar-refractivity contribution in [1.29, 1.82) is 5.26 Å². The van der Waals surface area contributed by atoms with Gasteiger partial charge in [-0.05, 0) is 93.9 Å². The molecule has 1 N–H and O–H groups in total. The number of aromatic nitrogens is 4. The molecular formula is C57H59N9O7. The standard InChI is InChI=1S/C57H59N9O7/c1-6-11-40-42-26-37-28-66-48(27-44-43(54(66)68)33-72-55(69)57(44,70)7-2)51(37)59-45(42)17-18-49(40)71-31-35(4)53(67)65-25-24-64(29-38(65)19-21-58)52-41-20-23-63(47-16-9-14-36-13-8-12-34(3)50(36)47)30-46(41)60-56(61-52)73-32-39-15-10-22-62(39)5/h6,8-9,12-14,16-18,26-27,38-39,70H,1,4,7,10-11,15,19-20,22-25,28-33H2,2-3,5H3/t38-,39-,57-/m0/s1. The van der Waals surface area contributed by atoms with E-state index < -0.39 is 17.6 Å². The number of fused-ring (bicyclic) bond motifs is 7. The molecule has 0 aliphatic carbocycles. The molecule has 73 heavy (non-hydrogen) atoms. The quantitative estimate of drug-likeness (QED) is 0.0737. The van der Waals surface area contributed by atoms with Crippen LogP contribution in [0.4, 0.5) is 11.5 Å². The van der Waals surface area contributed by atoms with E-state index in [1.165, 1.54) is 22.0 Å². The highest BCUT2D eigenvalue weighted by atomic mass is 16.6.